The molecule has 154 valence electrons. The lowest BCUT2D eigenvalue weighted by atomic mass is 9.81. The van der Waals surface area contributed by atoms with Crippen molar-refractivity contribution in [3.63, 3.8) is 0 Å². The smallest absolute Gasteiger partial charge is 0.317 e. The number of hydrogen-bond acceptors (Lipinski definition) is 4. The van der Waals surface area contributed by atoms with E-state index in [0.29, 0.717) is 19.6 Å². The maximum atomic E-state index is 12.6. The molecule has 0 spiro atoms. The molecule has 28 heavy (non-hydrogen) atoms. The first kappa shape index (κ1) is 20.6. The van der Waals surface area contributed by atoms with Crippen molar-refractivity contribution in [3.05, 3.63) is 35.9 Å². The first-order valence-electron chi connectivity index (χ1n) is 10.3. The highest BCUT2D eigenvalue weighted by Crippen LogP contribution is 2.29. The second-order valence-electron chi connectivity index (χ2n) is 7.88. The molecule has 2 aliphatic rings. The lowest BCUT2D eigenvalue weighted by molar-refractivity contribution is -0.139. The van der Waals surface area contributed by atoms with Crippen LogP contribution >= 0.6 is 0 Å². The van der Waals surface area contributed by atoms with E-state index in [1.54, 1.807) is 0 Å². The van der Waals surface area contributed by atoms with Gasteiger partial charge < -0.3 is 25.5 Å². The quantitative estimate of drug-likeness (QED) is 0.661. The van der Waals surface area contributed by atoms with Crippen molar-refractivity contribution < 1.29 is 14.7 Å². The van der Waals surface area contributed by atoms with Crippen LogP contribution in [0, 0.1) is 11.8 Å². The third kappa shape index (κ3) is 6.21. The summed E-state index contributed by atoms with van der Waals surface area (Å²) < 4.78 is 0. The fraction of sp³-hybridized carbons (Fsp3) is 0.619. The summed E-state index contributed by atoms with van der Waals surface area (Å²) in [7, 11) is 0. The van der Waals surface area contributed by atoms with E-state index in [1.807, 2.05) is 35.2 Å². The summed E-state index contributed by atoms with van der Waals surface area (Å²) in [6.45, 7) is 6.86. The monoisotopic (exact) mass is 388 g/mol. The first-order chi connectivity index (χ1) is 13.6. The molecule has 7 nitrogen and oxygen atoms in total. The van der Waals surface area contributed by atoms with Crippen LogP contribution in [-0.2, 0) is 11.3 Å². The topological polar surface area (TPSA) is 84.9 Å². The van der Waals surface area contributed by atoms with Crippen LogP contribution in [-0.4, -0.2) is 72.7 Å². The molecular weight excluding hydrogens is 356 g/mol. The van der Waals surface area contributed by atoms with Gasteiger partial charge in [0.15, 0.2) is 0 Å². The minimum absolute atomic E-state index is 0.0511. The predicted molar refractivity (Wildman–Crippen MR) is 108 cm³/mol. The zero-order valence-corrected chi connectivity index (χ0v) is 16.5. The lowest BCUT2D eigenvalue weighted by Gasteiger charge is -2.39. The molecule has 2 aliphatic heterocycles. The number of benzene rings is 1. The van der Waals surface area contributed by atoms with Gasteiger partial charge >= 0.3 is 12.0 Å². The molecule has 1 aromatic carbocycles. The number of aliphatic carboxylic acids is 1. The number of carboxylic acid groups (broad SMARTS) is 1. The van der Waals surface area contributed by atoms with Crippen molar-refractivity contribution >= 4 is 12.0 Å². The molecule has 3 N–H and O–H groups in total. The molecule has 3 rings (SSSR count). The zero-order valence-electron chi connectivity index (χ0n) is 16.5. The Bertz CT molecular complexity index is 634. The van der Waals surface area contributed by atoms with E-state index in [2.05, 4.69) is 15.5 Å². The number of carboxylic acids is 1. The molecule has 0 aliphatic carbocycles. The Balaban J connectivity index is 1.53. The van der Waals surface area contributed by atoms with Gasteiger partial charge in [-0.25, -0.2) is 4.79 Å². The minimum Gasteiger partial charge on any atom is -0.481 e. The summed E-state index contributed by atoms with van der Waals surface area (Å²) in [6.07, 6.45) is 1.91. The second-order valence-corrected chi connectivity index (χ2v) is 7.88. The zero-order chi connectivity index (χ0) is 19.8. The maximum absolute atomic E-state index is 12.6. The Kier molecular flexibility index (Phi) is 7.68. The second kappa shape index (κ2) is 10.4. The predicted octanol–water partition coefficient (Wildman–Crippen LogP) is 1.60. The standard InChI is InChI=1S/C21H32N4O3/c26-20(27)14-18-7-11-25(21(28)23-15-17-4-2-1-3-5-17)16-19(18)6-10-24-12-8-22-9-13-24/h1-5,18-19,22H,6-16H2,(H,23,28)(H,26,27). The molecule has 0 saturated carbocycles. The molecule has 0 radical (unpaired) electrons. The van der Waals surface area contributed by atoms with Gasteiger partial charge in [-0.1, -0.05) is 30.3 Å². The summed E-state index contributed by atoms with van der Waals surface area (Å²) in [4.78, 5) is 28.2. The Morgan fingerprint density at radius 1 is 1.11 bits per heavy atom. The number of urea groups is 1. The number of carbonyl (C=O) groups is 2. The van der Waals surface area contributed by atoms with Gasteiger partial charge in [-0.15, -0.1) is 0 Å². The SMILES string of the molecule is O=C(O)CC1CCN(C(=O)NCc2ccccc2)CC1CCN1CCNCC1. The van der Waals surface area contributed by atoms with E-state index in [-0.39, 0.29) is 24.3 Å². The van der Waals surface area contributed by atoms with E-state index in [0.717, 1.165) is 51.1 Å². The Morgan fingerprint density at radius 3 is 2.57 bits per heavy atom. The third-order valence-corrected chi connectivity index (χ3v) is 5.93. The number of likely N-dealkylation sites (tertiary alicyclic amines) is 1. The molecule has 2 atom stereocenters. The van der Waals surface area contributed by atoms with Gasteiger partial charge in [-0.05, 0) is 36.8 Å². The number of hydrogen-bond donors (Lipinski definition) is 3. The third-order valence-electron chi connectivity index (χ3n) is 5.93. The molecule has 1 aromatic rings. The van der Waals surface area contributed by atoms with Gasteiger partial charge in [0.05, 0.1) is 0 Å². The van der Waals surface area contributed by atoms with Gasteiger partial charge in [0.1, 0.15) is 0 Å². The van der Waals surface area contributed by atoms with Crippen molar-refractivity contribution in [2.75, 3.05) is 45.8 Å². The fourth-order valence-corrected chi connectivity index (χ4v) is 4.25. The van der Waals surface area contributed by atoms with Crippen LogP contribution in [0.2, 0.25) is 0 Å². The summed E-state index contributed by atoms with van der Waals surface area (Å²) in [5.41, 5.74) is 1.08. The minimum atomic E-state index is -0.737. The van der Waals surface area contributed by atoms with E-state index in [9.17, 15) is 14.7 Å². The summed E-state index contributed by atoms with van der Waals surface area (Å²) in [5.74, 6) is -0.347. The number of nitrogens with zero attached hydrogens (tertiary/aromatic N) is 2. The van der Waals surface area contributed by atoms with Crippen LogP contribution in [0.4, 0.5) is 4.79 Å². The molecule has 2 unspecified atom stereocenters. The van der Waals surface area contributed by atoms with Crippen LogP contribution in [0.5, 0.6) is 0 Å². The Labute approximate surface area is 167 Å². The van der Waals surface area contributed by atoms with Crippen LogP contribution in [0.1, 0.15) is 24.8 Å². The Hall–Kier alpha value is -2.12. The summed E-state index contributed by atoms with van der Waals surface area (Å²) in [5, 5.41) is 15.6. The molecule has 2 fully saturated rings. The van der Waals surface area contributed by atoms with Gasteiger partial charge in [-0.2, -0.15) is 0 Å². The number of carbonyl (C=O) groups excluding carboxylic acids is 1. The number of rotatable bonds is 7. The summed E-state index contributed by atoms with van der Waals surface area (Å²) in [6, 6.07) is 9.83. The van der Waals surface area contributed by atoms with E-state index < -0.39 is 5.97 Å². The van der Waals surface area contributed by atoms with Crippen LogP contribution in [0.15, 0.2) is 30.3 Å². The molecule has 2 heterocycles. The molecular formula is C21H32N4O3. The summed E-state index contributed by atoms with van der Waals surface area (Å²) >= 11 is 0. The average molecular weight is 389 g/mol. The highest BCUT2D eigenvalue weighted by Gasteiger charge is 2.32. The van der Waals surface area contributed by atoms with Gasteiger partial charge in [-0.3, -0.25) is 4.79 Å². The van der Waals surface area contributed by atoms with Gasteiger partial charge in [0.25, 0.3) is 0 Å². The van der Waals surface area contributed by atoms with Gasteiger partial charge in [0, 0.05) is 52.2 Å². The van der Waals surface area contributed by atoms with Crippen LogP contribution in [0.3, 0.4) is 0 Å². The highest BCUT2D eigenvalue weighted by molar-refractivity contribution is 5.74. The van der Waals surface area contributed by atoms with E-state index in [1.165, 1.54) is 0 Å². The van der Waals surface area contributed by atoms with Crippen molar-refractivity contribution in [1.82, 2.24) is 20.4 Å². The number of nitrogens with one attached hydrogen (secondary N) is 2. The number of piperidine rings is 1. The molecule has 7 heteroatoms. The van der Waals surface area contributed by atoms with Crippen LogP contribution < -0.4 is 10.6 Å². The molecule has 0 aromatic heterocycles. The van der Waals surface area contributed by atoms with E-state index >= 15 is 0 Å². The van der Waals surface area contributed by atoms with Crippen LogP contribution in [0.25, 0.3) is 0 Å². The normalized spacial score (nSPS) is 23.4. The van der Waals surface area contributed by atoms with E-state index in [4.69, 9.17) is 0 Å². The lowest BCUT2D eigenvalue weighted by Crippen LogP contribution is -2.49. The van der Waals surface area contributed by atoms with Crippen molar-refractivity contribution in [1.29, 1.82) is 0 Å². The maximum Gasteiger partial charge on any atom is 0.317 e. The molecule has 2 amide bonds. The largest absolute Gasteiger partial charge is 0.481 e. The Morgan fingerprint density at radius 2 is 1.86 bits per heavy atom. The number of piperazine rings is 1. The number of amides is 2. The average Bonchev–Trinajstić information content (AvgIpc) is 2.72. The van der Waals surface area contributed by atoms with Crippen molar-refractivity contribution in [2.24, 2.45) is 11.8 Å². The molecule has 2 saturated heterocycles. The first-order valence-corrected chi connectivity index (χ1v) is 10.3. The van der Waals surface area contributed by atoms with Crippen molar-refractivity contribution in [3.8, 4) is 0 Å². The molecule has 0 bridgehead atoms. The van der Waals surface area contributed by atoms with Crippen molar-refractivity contribution in [2.45, 2.75) is 25.8 Å². The fourth-order valence-electron chi connectivity index (χ4n) is 4.25. The van der Waals surface area contributed by atoms with Gasteiger partial charge in [0.2, 0.25) is 0 Å². The highest BCUT2D eigenvalue weighted by atomic mass is 16.4.